The molecule has 1 heterocycles. The van der Waals surface area contributed by atoms with Gasteiger partial charge in [0.05, 0.1) is 18.6 Å². The Labute approximate surface area is 109 Å². The van der Waals surface area contributed by atoms with E-state index < -0.39 is 17.7 Å². The first kappa shape index (κ1) is 13.0. The normalized spacial score (nSPS) is 18.3. The van der Waals surface area contributed by atoms with Crippen LogP contribution in [0.15, 0.2) is 18.2 Å². The number of amides is 1. The van der Waals surface area contributed by atoms with Crippen LogP contribution >= 0.6 is 0 Å². The minimum Gasteiger partial charge on any atom is -0.469 e. The van der Waals surface area contributed by atoms with E-state index in [2.05, 4.69) is 4.74 Å². The van der Waals surface area contributed by atoms with Gasteiger partial charge in [0.15, 0.2) is 0 Å². The Balaban J connectivity index is 2.24. The zero-order chi connectivity index (χ0) is 14.0. The average Bonchev–Trinajstić information content (AvgIpc) is 2.80. The summed E-state index contributed by atoms with van der Waals surface area (Å²) in [4.78, 5) is 24.5. The topological polar surface area (TPSA) is 70.4 Å². The van der Waals surface area contributed by atoms with Gasteiger partial charge < -0.3 is 9.64 Å². The van der Waals surface area contributed by atoms with E-state index in [0.29, 0.717) is 5.69 Å². The molecule has 0 N–H and O–H groups in total. The van der Waals surface area contributed by atoms with Crippen molar-refractivity contribution in [2.45, 2.75) is 6.42 Å². The molecule has 0 aromatic heterocycles. The molecule has 1 aliphatic heterocycles. The smallest absolute Gasteiger partial charge is 0.311 e. The molecule has 2 rings (SSSR count). The van der Waals surface area contributed by atoms with Gasteiger partial charge in [0, 0.05) is 18.7 Å². The van der Waals surface area contributed by atoms with E-state index in [1.54, 1.807) is 6.07 Å². The maximum Gasteiger partial charge on any atom is 0.311 e. The molecule has 0 radical (unpaired) electrons. The lowest BCUT2D eigenvalue weighted by atomic mass is 10.1. The number of halogens is 1. The SMILES string of the molecule is COC(=O)C1CC(=O)N(c2ccc(C#N)c(F)c2)C1. The van der Waals surface area contributed by atoms with Gasteiger partial charge in [0.2, 0.25) is 5.91 Å². The molecule has 0 saturated carbocycles. The van der Waals surface area contributed by atoms with Gasteiger partial charge in [0.25, 0.3) is 0 Å². The molecule has 0 bridgehead atoms. The van der Waals surface area contributed by atoms with Crippen molar-refractivity contribution in [2.24, 2.45) is 5.92 Å². The van der Waals surface area contributed by atoms with Crippen molar-refractivity contribution in [1.29, 1.82) is 5.26 Å². The Bertz CT molecular complexity index is 580. The largest absolute Gasteiger partial charge is 0.469 e. The van der Waals surface area contributed by atoms with E-state index in [-0.39, 0.29) is 24.4 Å². The minimum atomic E-state index is -0.686. The van der Waals surface area contributed by atoms with Crippen LogP contribution in [0.5, 0.6) is 0 Å². The quantitative estimate of drug-likeness (QED) is 0.751. The van der Waals surface area contributed by atoms with E-state index >= 15 is 0 Å². The fourth-order valence-electron chi connectivity index (χ4n) is 2.04. The van der Waals surface area contributed by atoms with Crippen LogP contribution in [0, 0.1) is 23.1 Å². The molecule has 1 unspecified atom stereocenters. The summed E-state index contributed by atoms with van der Waals surface area (Å²) in [6.45, 7) is 0.164. The molecule has 0 spiro atoms. The molecule has 19 heavy (non-hydrogen) atoms. The molecule has 1 aromatic rings. The van der Waals surface area contributed by atoms with Crippen LogP contribution < -0.4 is 4.90 Å². The Morgan fingerprint density at radius 3 is 2.89 bits per heavy atom. The van der Waals surface area contributed by atoms with Crippen LogP contribution in [0.4, 0.5) is 10.1 Å². The maximum atomic E-state index is 13.5. The lowest BCUT2D eigenvalue weighted by Crippen LogP contribution is -2.26. The molecule has 1 aromatic carbocycles. The van der Waals surface area contributed by atoms with Crippen LogP contribution in [-0.4, -0.2) is 25.5 Å². The molecule has 5 nitrogen and oxygen atoms in total. The Kier molecular flexibility index (Phi) is 3.47. The second-order valence-electron chi connectivity index (χ2n) is 4.20. The van der Waals surface area contributed by atoms with Gasteiger partial charge in [-0.2, -0.15) is 5.26 Å². The summed E-state index contributed by atoms with van der Waals surface area (Å²) in [6, 6.07) is 5.62. The standard InChI is InChI=1S/C13H11FN2O3/c1-19-13(18)9-4-12(17)16(7-9)10-3-2-8(6-15)11(14)5-10/h2-3,5,9H,4,7H2,1H3. The number of esters is 1. The summed E-state index contributed by atoms with van der Waals surface area (Å²) in [5, 5.41) is 8.64. The zero-order valence-electron chi connectivity index (χ0n) is 10.2. The number of anilines is 1. The molecule has 1 amide bonds. The summed E-state index contributed by atoms with van der Waals surface area (Å²) in [5.74, 6) is -1.94. The first-order valence-electron chi connectivity index (χ1n) is 5.64. The Morgan fingerprint density at radius 1 is 1.58 bits per heavy atom. The number of benzene rings is 1. The van der Waals surface area contributed by atoms with Crippen molar-refractivity contribution < 1.29 is 18.7 Å². The maximum absolute atomic E-state index is 13.5. The summed E-state index contributed by atoms with van der Waals surface area (Å²) in [6.07, 6.45) is 0.0499. The fraction of sp³-hybridized carbons (Fsp3) is 0.308. The molecule has 1 aliphatic rings. The number of nitriles is 1. The summed E-state index contributed by atoms with van der Waals surface area (Å²) in [5.41, 5.74) is 0.257. The number of nitrogens with zero attached hydrogens (tertiary/aromatic N) is 2. The Hall–Kier alpha value is -2.42. The lowest BCUT2D eigenvalue weighted by molar-refractivity contribution is -0.145. The molecule has 1 fully saturated rings. The first-order valence-corrected chi connectivity index (χ1v) is 5.64. The molecule has 98 valence electrons. The van der Waals surface area contributed by atoms with Crippen LogP contribution in [0.1, 0.15) is 12.0 Å². The minimum absolute atomic E-state index is 0.0499. The van der Waals surface area contributed by atoms with E-state index in [1.807, 2.05) is 0 Å². The second kappa shape index (κ2) is 5.06. The van der Waals surface area contributed by atoms with Crippen LogP contribution in [0.3, 0.4) is 0 Å². The van der Waals surface area contributed by atoms with Crippen molar-refractivity contribution in [3.63, 3.8) is 0 Å². The highest BCUT2D eigenvalue weighted by molar-refractivity contribution is 5.99. The van der Waals surface area contributed by atoms with E-state index in [0.717, 1.165) is 6.07 Å². The number of carbonyl (C=O) groups excluding carboxylic acids is 2. The number of carbonyl (C=O) groups is 2. The van der Waals surface area contributed by atoms with Crippen LogP contribution in [0.2, 0.25) is 0 Å². The van der Waals surface area contributed by atoms with Crippen molar-refractivity contribution in [3.05, 3.63) is 29.6 Å². The molecule has 6 heteroatoms. The Morgan fingerprint density at radius 2 is 2.32 bits per heavy atom. The van der Waals surface area contributed by atoms with Gasteiger partial charge in [-0.3, -0.25) is 9.59 Å². The van der Waals surface area contributed by atoms with Crippen molar-refractivity contribution in [2.75, 3.05) is 18.6 Å². The number of rotatable bonds is 2. The second-order valence-corrected chi connectivity index (χ2v) is 4.20. The third kappa shape index (κ3) is 2.40. The molecule has 0 aliphatic carbocycles. The highest BCUT2D eigenvalue weighted by Crippen LogP contribution is 2.27. The summed E-state index contributed by atoms with van der Waals surface area (Å²) < 4.78 is 18.1. The number of hydrogen-bond donors (Lipinski definition) is 0. The highest BCUT2D eigenvalue weighted by Gasteiger charge is 2.35. The van der Waals surface area contributed by atoms with Crippen molar-refractivity contribution >= 4 is 17.6 Å². The number of methoxy groups -OCH3 is 1. The van der Waals surface area contributed by atoms with Gasteiger partial charge in [-0.15, -0.1) is 0 Å². The number of ether oxygens (including phenoxy) is 1. The van der Waals surface area contributed by atoms with E-state index in [4.69, 9.17) is 5.26 Å². The van der Waals surface area contributed by atoms with E-state index in [9.17, 15) is 14.0 Å². The summed E-state index contributed by atoms with van der Waals surface area (Å²) >= 11 is 0. The monoisotopic (exact) mass is 262 g/mol. The average molecular weight is 262 g/mol. The van der Waals surface area contributed by atoms with Gasteiger partial charge in [-0.25, -0.2) is 4.39 Å². The molecular formula is C13H11FN2O3. The van der Waals surface area contributed by atoms with Gasteiger partial charge >= 0.3 is 5.97 Å². The van der Waals surface area contributed by atoms with E-state index in [1.165, 1.54) is 24.1 Å². The predicted octanol–water partition coefficient (Wildman–Crippen LogP) is 1.22. The summed E-state index contributed by atoms with van der Waals surface area (Å²) in [7, 11) is 1.26. The third-order valence-electron chi connectivity index (χ3n) is 3.04. The third-order valence-corrected chi connectivity index (χ3v) is 3.04. The van der Waals surface area contributed by atoms with Crippen LogP contribution in [0.25, 0.3) is 0 Å². The molecular weight excluding hydrogens is 251 g/mol. The van der Waals surface area contributed by atoms with Gasteiger partial charge in [0.1, 0.15) is 11.9 Å². The fourth-order valence-corrected chi connectivity index (χ4v) is 2.04. The van der Waals surface area contributed by atoms with Crippen LogP contribution in [-0.2, 0) is 14.3 Å². The zero-order valence-corrected chi connectivity index (χ0v) is 10.2. The first-order chi connectivity index (χ1) is 9.06. The lowest BCUT2D eigenvalue weighted by Gasteiger charge is -2.16. The van der Waals surface area contributed by atoms with Gasteiger partial charge in [-0.1, -0.05) is 0 Å². The van der Waals surface area contributed by atoms with Crippen molar-refractivity contribution in [3.8, 4) is 6.07 Å². The van der Waals surface area contributed by atoms with Crippen molar-refractivity contribution in [1.82, 2.24) is 0 Å². The predicted molar refractivity (Wildman–Crippen MR) is 63.6 cm³/mol. The molecule has 1 atom stereocenters. The molecule has 1 saturated heterocycles. The number of hydrogen-bond acceptors (Lipinski definition) is 4. The van der Waals surface area contributed by atoms with Gasteiger partial charge in [-0.05, 0) is 18.2 Å². The highest BCUT2D eigenvalue weighted by atomic mass is 19.1.